The fourth-order valence-electron chi connectivity index (χ4n) is 1.93. The van der Waals surface area contributed by atoms with Crippen molar-refractivity contribution >= 4 is 38.5 Å². The Kier molecular flexibility index (Phi) is 4.89. The zero-order valence-electron chi connectivity index (χ0n) is 10.2. The van der Waals surface area contributed by atoms with Gasteiger partial charge in [-0.2, -0.15) is 0 Å². The van der Waals surface area contributed by atoms with Gasteiger partial charge in [-0.05, 0) is 34.8 Å². The molecule has 1 aromatic heterocycles. The number of carbonyl (C=O) groups excluding carboxylic acids is 1. The van der Waals surface area contributed by atoms with Gasteiger partial charge in [-0.15, -0.1) is 0 Å². The molecule has 19 heavy (non-hydrogen) atoms. The fourth-order valence-corrected chi connectivity index (χ4v) is 3.56. The highest BCUT2D eigenvalue weighted by atomic mass is 79.9. The quantitative estimate of drug-likeness (QED) is 0.554. The van der Waals surface area contributed by atoms with Gasteiger partial charge >= 0.3 is 0 Å². The third kappa shape index (κ3) is 3.74. The van der Waals surface area contributed by atoms with Crippen LogP contribution in [0.25, 0.3) is 0 Å². The lowest BCUT2D eigenvalue weighted by Gasteiger charge is -2.22. The molecular formula is C11H15BrN4O2S. The van der Waals surface area contributed by atoms with Crippen LogP contribution in [0.5, 0.6) is 0 Å². The standard InChI is InChI=1S/C11H15BrN4O2S/c12-7-5-9(10(16-13)14-6-7)11(17)15-8-1-3-19(18)4-2-8/h5-6,8H,1-4,13H2,(H,14,16)(H,15,17). The molecule has 0 aliphatic carbocycles. The van der Waals surface area contributed by atoms with Gasteiger partial charge in [0.1, 0.15) is 0 Å². The third-order valence-electron chi connectivity index (χ3n) is 2.96. The molecule has 0 atom stereocenters. The molecule has 0 unspecified atom stereocenters. The van der Waals surface area contributed by atoms with E-state index in [0.29, 0.717) is 27.4 Å². The summed E-state index contributed by atoms with van der Waals surface area (Å²) in [6.45, 7) is 0. The summed E-state index contributed by atoms with van der Waals surface area (Å²) in [4.78, 5) is 16.2. The van der Waals surface area contributed by atoms with Crippen molar-refractivity contribution in [3.05, 3.63) is 22.3 Å². The Bertz CT molecular complexity index is 501. The van der Waals surface area contributed by atoms with Crippen molar-refractivity contribution in [3.63, 3.8) is 0 Å². The first kappa shape index (κ1) is 14.4. The van der Waals surface area contributed by atoms with Crippen LogP contribution in [0.3, 0.4) is 0 Å². The zero-order chi connectivity index (χ0) is 13.8. The highest BCUT2D eigenvalue weighted by Crippen LogP contribution is 2.18. The number of halogens is 1. The number of hydrogen-bond acceptors (Lipinski definition) is 5. The van der Waals surface area contributed by atoms with Gasteiger partial charge in [0.15, 0.2) is 5.82 Å². The summed E-state index contributed by atoms with van der Waals surface area (Å²) < 4.78 is 12.0. The minimum Gasteiger partial charge on any atom is -0.349 e. The molecule has 1 fully saturated rings. The number of hydrogen-bond donors (Lipinski definition) is 3. The molecule has 1 aliphatic heterocycles. The number of hydrazine groups is 1. The smallest absolute Gasteiger partial charge is 0.255 e. The molecule has 0 radical (unpaired) electrons. The van der Waals surface area contributed by atoms with Crippen LogP contribution in [-0.2, 0) is 10.8 Å². The van der Waals surface area contributed by atoms with Crippen LogP contribution in [0.4, 0.5) is 5.82 Å². The Morgan fingerprint density at radius 2 is 2.16 bits per heavy atom. The van der Waals surface area contributed by atoms with E-state index in [1.165, 1.54) is 0 Å². The topological polar surface area (TPSA) is 97.1 Å². The molecule has 4 N–H and O–H groups in total. The van der Waals surface area contributed by atoms with Crippen LogP contribution in [0.15, 0.2) is 16.7 Å². The molecule has 1 aliphatic rings. The van der Waals surface area contributed by atoms with Crippen LogP contribution in [0.2, 0.25) is 0 Å². The number of anilines is 1. The van der Waals surface area contributed by atoms with Crippen molar-refractivity contribution in [2.75, 3.05) is 16.9 Å². The SMILES string of the molecule is NNc1ncc(Br)cc1C(=O)NC1CCS(=O)CC1. The van der Waals surface area contributed by atoms with Crippen molar-refractivity contribution in [2.24, 2.45) is 5.84 Å². The average Bonchev–Trinajstić information content (AvgIpc) is 2.41. The molecule has 8 heteroatoms. The number of rotatable bonds is 3. The van der Waals surface area contributed by atoms with Gasteiger partial charge in [-0.25, -0.2) is 10.8 Å². The van der Waals surface area contributed by atoms with Gasteiger partial charge in [0.05, 0.1) is 5.56 Å². The predicted molar refractivity (Wildman–Crippen MR) is 78.1 cm³/mol. The van der Waals surface area contributed by atoms with Gasteiger partial charge in [0.25, 0.3) is 5.91 Å². The lowest BCUT2D eigenvalue weighted by atomic mass is 10.1. The lowest BCUT2D eigenvalue weighted by Crippen LogP contribution is -2.40. The minimum absolute atomic E-state index is 0.0646. The number of nitrogens with two attached hydrogens (primary N) is 1. The second kappa shape index (κ2) is 6.44. The maximum atomic E-state index is 12.2. The van der Waals surface area contributed by atoms with E-state index in [1.807, 2.05) is 0 Å². The molecule has 1 saturated heterocycles. The second-order valence-corrected chi connectivity index (χ2v) is 6.90. The fraction of sp³-hybridized carbons (Fsp3) is 0.455. The molecule has 0 spiro atoms. The Labute approximate surface area is 122 Å². The predicted octanol–water partition coefficient (Wildman–Crippen LogP) is 0.771. The summed E-state index contributed by atoms with van der Waals surface area (Å²) in [5, 5.41) is 2.93. The third-order valence-corrected chi connectivity index (χ3v) is 4.77. The van der Waals surface area contributed by atoms with Crippen LogP contribution in [0, 0.1) is 0 Å². The van der Waals surface area contributed by atoms with Gasteiger partial charge in [0.2, 0.25) is 0 Å². The highest BCUT2D eigenvalue weighted by molar-refractivity contribution is 9.10. The van der Waals surface area contributed by atoms with Crippen LogP contribution >= 0.6 is 15.9 Å². The molecule has 104 valence electrons. The minimum atomic E-state index is -0.733. The Balaban J connectivity index is 2.07. The number of pyridine rings is 1. The summed E-state index contributed by atoms with van der Waals surface area (Å²) in [6.07, 6.45) is 3.05. The summed E-state index contributed by atoms with van der Waals surface area (Å²) in [5.41, 5.74) is 2.80. The first-order valence-electron chi connectivity index (χ1n) is 5.88. The van der Waals surface area contributed by atoms with Crippen LogP contribution < -0.4 is 16.6 Å². The van der Waals surface area contributed by atoms with E-state index in [4.69, 9.17) is 5.84 Å². The normalized spacial score (nSPS) is 22.8. The Morgan fingerprint density at radius 1 is 1.47 bits per heavy atom. The lowest BCUT2D eigenvalue weighted by molar-refractivity contribution is 0.0935. The molecule has 0 aromatic carbocycles. The zero-order valence-corrected chi connectivity index (χ0v) is 12.6. The molecule has 6 nitrogen and oxygen atoms in total. The van der Waals surface area contributed by atoms with E-state index in [9.17, 15) is 9.00 Å². The molecule has 2 rings (SSSR count). The monoisotopic (exact) mass is 346 g/mol. The number of nitrogens with zero attached hydrogens (tertiary/aromatic N) is 1. The van der Waals surface area contributed by atoms with Gasteiger partial charge < -0.3 is 10.7 Å². The summed E-state index contributed by atoms with van der Waals surface area (Å²) >= 11 is 3.28. The maximum Gasteiger partial charge on any atom is 0.255 e. The molecule has 0 saturated carbocycles. The molecular weight excluding hydrogens is 332 g/mol. The van der Waals surface area contributed by atoms with Gasteiger partial charge in [-0.1, -0.05) is 0 Å². The molecule has 1 aromatic rings. The van der Waals surface area contributed by atoms with Crippen molar-refractivity contribution in [3.8, 4) is 0 Å². The molecule has 2 heterocycles. The van der Waals surface area contributed by atoms with Gasteiger partial charge in [-0.3, -0.25) is 9.00 Å². The Hall–Kier alpha value is -0.990. The number of amides is 1. The maximum absolute atomic E-state index is 12.2. The van der Waals surface area contributed by atoms with Crippen molar-refractivity contribution in [2.45, 2.75) is 18.9 Å². The van der Waals surface area contributed by atoms with E-state index in [2.05, 4.69) is 31.7 Å². The largest absolute Gasteiger partial charge is 0.349 e. The van der Waals surface area contributed by atoms with Crippen molar-refractivity contribution < 1.29 is 9.00 Å². The van der Waals surface area contributed by atoms with Crippen LogP contribution in [0.1, 0.15) is 23.2 Å². The Morgan fingerprint density at radius 3 is 2.79 bits per heavy atom. The van der Waals surface area contributed by atoms with Gasteiger partial charge in [0, 0.05) is 39.0 Å². The second-order valence-electron chi connectivity index (χ2n) is 4.29. The molecule has 0 bridgehead atoms. The van der Waals surface area contributed by atoms with E-state index < -0.39 is 10.8 Å². The van der Waals surface area contributed by atoms with Crippen molar-refractivity contribution in [1.29, 1.82) is 0 Å². The summed E-state index contributed by atoms with van der Waals surface area (Å²) in [6, 6.07) is 1.73. The first-order chi connectivity index (χ1) is 9.10. The van der Waals surface area contributed by atoms with E-state index in [-0.39, 0.29) is 11.9 Å². The number of carbonyl (C=O) groups is 1. The molecule has 1 amide bonds. The first-order valence-corrected chi connectivity index (χ1v) is 8.16. The summed E-state index contributed by atoms with van der Waals surface area (Å²) in [5.74, 6) is 6.74. The highest BCUT2D eigenvalue weighted by Gasteiger charge is 2.21. The summed E-state index contributed by atoms with van der Waals surface area (Å²) in [7, 11) is -0.733. The average molecular weight is 347 g/mol. The van der Waals surface area contributed by atoms with E-state index >= 15 is 0 Å². The number of nitrogen functional groups attached to an aromatic ring is 1. The number of nitrogens with one attached hydrogen (secondary N) is 2. The van der Waals surface area contributed by atoms with E-state index in [0.717, 1.165) is 12.8 Å². The number of aromatic nitrogens is 1. The van der Waals surface area contributed by atoms with E-state index in [1.54, 1.807) is 12.3 Å². The van der Waals surface area contributed by atoms with Crippen LogP contribution in [-0.4, -0.2) is 32.6 Å². The van der Waals surface area contributed by atoms with Crippen molar-refractivity contribution in [1.82, 2.24) is 10.3 Å².